The van der Waals surface area contributed by atoms with Gasteiger partial charge in [-0.2, -0.15) is 0 Å². The van der Waals surface area contributed by atoms with E-state index < -0.39 is 6.09 Å². The van der Waals surface area contributed by atoms with E-state index in [0.29, 0.717) is 12.8 Å². The van der Waals surface area contributed by atoms with E-state index in [1.54, 1.807) is 0 Å². The zero-order valence-electron chi connectivity index (χ0n) is 9.52. The second kappa shape index (κ2) is 5.48. The highest BCUT2D eigenvalue weighted by atomic mass is 16.5. The molecule has 1 atom stereocenters. The van der Waals surface area contributed by atoms with Crippen molar-refractivity contribution in [2.45, 2.75) is 31.9 Å². The van der Waals surface area contributed by atoms with Gasteiger partial charge < -0.3 is 10.1 Å². The van der Waals surface area contributed by atoms with E-state index in [-0.39, 0.29) is 18.4 Å². The van der Waals surface area contributed by atoms with Gasteiger partial charge in [-0.25, -0.2) is 4.79 Å². The van der Waals surface area contributed by atoms with Crippen LogP contribution in [0.15, 0.2) is 30.3 Å². The monoisotopic (exact) mass is 233 g/mol. The summed E-state index contributed by atoms with van der Waals surface area (Å²) in [5.41, 5.74) is 0.949. The molecule has 4 heteroatoms. The van der Waals surface area contributed by atoms with E-state index in [1.165, 1.54) is 0 Å². The van der Waals surface area contributed by atoms with E-state index >= 15 is 0 Å². The summed E-state index contributed by atoms with van der Waals surface area (Å²) in [6, 6.07) is 9.44. The van der Waals surface area contributed by atoms with Crippen LogP contribution >= 0.6 is 0 Å². The summed E-state index contributed by atoms with van der Waals surface area (Å²) in [6.45, 7) is 0.257. The molecule has 2 rings (SSSR count). The molecule has 0 heterocycles. The molecule has 0 unspecified atom stereocenters. The fourth-order valence-corrected chi connectivity index (χ4v) is 1.87. The van der Waals surface area contributed by atoms with Crippen LogP contribution in [-0.4, -0.2) is 17.9 Å². The first kappa shape index (κ1) is 11.6. The number of hydrogen-bond donors (Lipinski definition) is 1. The number of Topliss-reactive ketones (excluding diaryl/α,β-unsaturated/α-hetero) is 1. The maximum absolute atomic E-state index is 11.4. The highest BCUT2D eigenvalue weighted by Gasteiger charge is 2.23. The maximum atomic E-state index is 11.4. The van der Waals surface area contributed by atoms with Crippen molar-refractivity contribution >= 4 is 11.9 Å². The molecule has 17 heavy (non-hydrogen) atoms. The Hall–Kier alpha value is -1.84. The lowest BCUT2D eigenvalue weighted by molar-refractivity contribution is -0.117. The minimum atomic E-state index is -0.450. The molecule has 0 radical (unpaired) electrons. The molecule has 1 amide bonds. The van der Waals surface area contributed by atoms with Crippen molar-refractivity contribution < 1.29 is 14.3 Å². The van der Waals surface area contributed by atoms with Gasteiger partial charge in [0.25, 0.3) is 0 Å². The van der Waals surface area contributed by atoms with Crippen LogP contribution in [0, 0.1) is 0 Å². The molecule has 1 aliphatic carbocycles. The van der Waals surface area contributed by atoms with Crippen LogP contribution in [0.2, 0.25) is 0 Å². The summed E-state index contributed by atoms with van der Waals surface area (Å²) in [7, 11) is 0. The molecular weight excluding hydrogens is 218 g/mol. The van der Waals surface area contributed by atoms with Crippen LogP contribution in [-0.2, 0) is 16.1 Å². The zero-order chi connectivity index (χ0) is 12.1. The molecule has 90 valence electrons. The van der Waals surface area contributed by atoms with E-state index in [9.17, 15) is 9.59 Å². The van der Waals surface area contributed by atoms with Crippen LogP contribution in [0.1, 0.15) is 24.8 Å². The molecule has 0 saturated heterocycles. The number of alkyl carbamates (subject to hydrolysis) is 1. The molecule has 1 aromatic carbocycles. The Labute approximate surface area is 100.0 Å². The van der Waals surface area contributed by atoms with Crippen LogP contribution in [0.3, 0.4) is 0 Å². The normalized spacial score (nSPS) is 19.1. The average molecular weight is 233 g/mol. The lowest BCUT2D eigenvalue weighted by Gasteiger charge is -2.11. The largest absolute Gasteiger partial charge is 0.445 e. The van der Waals surface area contributed by atoms with E-state index in [2.05, 4.69) is 5.32 Å². The lowest BCUT2D eigenvalue weighted by Crippen LogP contribution is -2.33. The van der Waals surface area contributed by atoms with E-state index in [1.807, 2.05) is 30.3 Å². The molecule has 0 aliphatic heterocycles. The number of rotatable bonds is 3. The third kappa shape index (κ3) is 3.59. The minimum Gasteiger partial charge on any atom is -0.445 e. The van der Waals surface area contributed by atoms with Crippen molar-refractivity contribution in [1.82, 2.24) is 5.32 Å². The van der Waals surface area contributed by atoms with Crippen molar-refractivity contribution in [2.75, 3.05) is 0 Å². The predicted octanol–water partition coefficient (Wildman–Crippen LogP) is 2.03. The molecule has 0 aromatic heterocycles. The molecule has 0 bridgehead atoms. The molecule has 1 fully saturated rings. The van der Waals surface area contributed by atoms with Crippen LogP contribution < -0.4 is 5.32 Å². The van der Waals surface area contributed by atoms with Crippen LogP contribution in [0.25, 0.3) is 0 Å². The molecule has 1 N–H and O–H groups in total. The molecular formula is C13H15NO3. The van der Waals surface area contributed by atoms with E-state index in [0.717, 1.165) is 12.0 Å². The van der Waals surface area contributed by atoms with Gasteiger partial charge in [0, 0.05) is 18.9 Å². The second-order valence-corrected chi connectivity index (χ2v) is 4.18. The third-order valence-corrected chi connectivity index (χ3v) is 2.78. The van der Waals surface area contributed by atoms with Gasteiger partial charge in [-0.05, 0) is 12.0 Å². The maximum Gasteiger partial charge on any atom is 0.407 e. The van der Waals surface area contributed by atoms with Crippen LogP contribution in [0.5, 0.6) is 0 Å². The summed E-state index contributed by atoms with van der Waals surface area (Å²) < 4.78 is 5.06. The Balaban J connectivity index is 1.73. The van der Waals surface area contributed by atoms with Gasteiger partial charge >= 0.3 is 6.09 Å². The average Bonchev–Trinajstić information content (AvgIpc) is 2.73. The first-order chi connectivity index (χ1) is 8.24. The summed E-state index contributed by atoms with van der Waals surface area (Å²) >= 11 is 0. The Kier molecular flexibility index (Phi) is 3.75. The quantitative estimate of drug-likeness (QED) is 0.869. The highest BCUT2D eigenvalue weighted by molar-refractivity contribution is 5.82. The third-order valence-electron chi connectivity index (χ3n) is 2.78. The number of ketones is 1. The number of nitrogens with one attached hydrogen (secondary N) is 1. The first-order valence-electron chi connectivity index (χ1n) is 5.73. The van der Waals surface area contributed by atoms with Gasteiger partial charge in [-0.1, -0.05) is 30.3 Å². The summed E-state index contributed by atoms with van der Waals surface area (Å²) in [4.78, 5) is 22.5. The molecule has 1 saturated carbocycles. The summed E-state index contributed by atoms with van der Waals surface area (Å²) in [5, 5.41) is 2.70. The number of benzene rings is 1. The van der Waals surface area contributed by atoms with Crippen molar-refractivity contribution in [3.63, 3.8) is 0 Å². The smallest absolute Gasteiger partial charge is 0.407 e. The fourth-order valence-electron chi connectivity index (χ4n) is 1.87. The minimum absolute atomic E-state index is 0.0502. The van der Waals surface area contributed by atoms with Gasteiger partial charge in [-0.15, -0.1) is 0 Å². The van der Waals surface area contributed by atoms with E-state index in [4.69, 9.17) is 4.74 Å². The number of carbonyl (C=O) groups is 2. The van der Waals surface area contributed by atoms with Gasteiger partial charge in [-0.3, -0.25) is 4.79 Å². The summed E-state index contributed by atoms with van der Waals surface area (Å²) in [5.74, 6) is 0.207. The Morgan fingerprint density at radius 3 is 2.76 bits per heavy atom. The molecule has 1 aromatic rings. The Morgan fingerprint density at radius 2 is 2.12 bits per heavy atom. The highest BCUT2D eigenvalue weighted by Crippen LogP contribution is 2.14. The van der Waals surface area contributed by atoms with Gasteiger partial charge in [0.1, 0.15) is 12.4 Å². The van der Waals surface area contributed by atoms with Crippen LogP contribution in [0.4, 0.5) is 4.79 Å². The Morgan fingerprint density at radius 1 is 1.35 bits per heavy atom. The lowest BCUT2D eigenvalue weighted by atomic mass is 10.2. The molecule has 1 aliphatic rings. The number of carbonyl (C=O) groups excluding carboxylic acids is 2. The Bertz CT molecular complexity index is 402. The summed E-state index contributed by atoms with van der Waals surface area (Å²) in [6.07, 6.45) is 1.26. The van der Waals surface area contributed by atoms with Crippen molar-refractivity contribution in [3.8, 4) is 0 Å². The van der Waals surface area contributed by atoms with Crippen molar-refractivity contribution in [2.24, 2.45) is 0 Å². The first-order valence-corrected chi connectivity index (χ1v) is 5.73. The molecule has 0 spiro atoms. The zero-order valence-corrected chi connectivity index (χ0v) is 9.52. The van der Waals surface area contributed by atoms with Crippen molar-refractivity contribution in [3.05, 3.63) is 35.9 Å². The standard InChI is InChI=1S/C13H15NO3/c15-12-7-6-11(8-12)14-13(16)17-9-10-4-2-1-3-5-10/h1-5,11H,6-9H2,(H,14,16)/t11-/m1/s1. The molecule has 4 nitrogen and oxygen atoms in total. The number of hydrogen-bond acceptors (Lipinski definition) is 3. The fraction of sp³-hybridized carbons (Fsp3) is 0.385. The van der Waals surface area contributed by atoms with Gasteiger partial charge in [0.15, 0.2) is 0 Å². The SMILES string of the molecule is O=C1CC[C@@H](NC(=O)OCc2ccccc2)C1. The van der Waals surface area contributed by atoms with Gasteiger partial charge in [0.05, 0.1) is 0 Å². The second-order valence-electron chi connectivity index (χ2n) is 4.18. The number of ether oxygens (including phenoxy) is 1. The number of amides is 1. The predicted molar refractivity (Wildman–Crippen MR) is 62.4 cm³/mol. The topological polar surface area (TPSA) is 55.4 Å². The van der Waals surface area contributed by atoms with Crippen molar-refractivity contribution in [1.29, 1.82) is 0 Å². The van der Waals surface area contributed by atoms with Gasteiger partial charge in [0.2, 0.25) is 0 Å².